The van der Waals surface area contributed by atoms with Crippen LogP contribution in [0.1, 0.15) is 47.1 Å². The van der Waals surface area contributed by atoms with Gasteiger partial charge in [0.25, 0.3) is 0 Å². The summed E-state index contributed by atoms with van der Waals surface area (Å²) >= 11 is 1.87. The summed E-state index contributed by atoms with van der Waals surface area (Å²) in [5, 5.41) is 3.69. The van der Waals surface area contributed by atoms with Gasteiger partial charge in [-0.2, -0.15) is 0 Å². The maximum Gasteiger partial charge on any atom is 0.0510 e. The molecule has 110 valence electrons. The first-order valence-electron chi connectivity index (χ1n) is 7.19. The number of hydrogen-bond acceptors (Lipinski definition) is 3. The molecule has 0 fully saturated rings. The first-order valence-corrected chi connectivity index (χ1v) is 7.96. The third-order valence-electron chi connectivity index (χ3n) is 3.09. The molecule has 0 unspecified atom stereocenters. The van der Waals surface area contributed by atoms with Crippen molar-refractivity contribution in [3.05, 3.63) is 41.6 Å². The minimum atomic E-state index is 0.0871. The van der Waals surface area contributed by atoms with Gasteiger partial charge >= 0.3 is 0 Å². The maximum absolute atomic E-state index is 3.69. The summed E-state index contributed by atoms with van der Waals surface area (Å²) in [7, 11) is 0. The van der Waals surface area contributed by atoms with E-state index in [1.807, 2.05) is 11.9 Å². The van der Waals surface area contributed by atoms with E-state index in [4.69, 9.17) is 0 Å². The second kappa shape index (κ2) is 5.45. The molecule has 1 heterocycles. The zero-order chi connectivity index (χ0) is 15.0. The molecule has 3 heteroatoms. The molecule has 20 heavy (non-hydrogen) atoms. The molecule has 1 aromatic carbocycles. The summed E-state index contributed by atoms with van der Waals surface area (Å²) in [4.78, 5) is 1.36. The average molecular weight is 290 g/mol. The molecular weight excluding hydrogens is 264 g/mol. The molecular formula is C17H26N2S. The summed E-state index contributed by atoms with van der Waals surface area (Å²) in [6, 6.07) is 10.7. The van der Waals surface area contributed by atoms with Crippen LogP contribution < -0.4 is 5.32 Å². The van der Waals surface area contributed by atoms with Crippen LogP contribution in [0.4, 0.5) is 0 Å². The van der Waals surface area contributed by atoms with Crippen LogP contribution in [0.25, 0.3) is 4.91 Å². The standard InChI is InChI=1S/C17H26N2S/c1-16(2,3)18-14-12-19(17(4,5)6)20-15(14)13-10-8-7-9-11-13/h7-11,18H,12H2,1-6H3. The molecule has 0 bridgehead atoms. The van der Waals surface area contributed by atoms with Crippen LogP contribution in [0, 0.1) is 0 Å². The molecule has 1 aliphatic heterocycles. The molecule has 0 amide bonds. The number of benzene rings is 1. The summed E-state index contributed by atoms with van der Waals surface area (Å²) in [5.74, 6) is 0. The van der Waals surface area contributed by atoms with E-state index in [9.17, 15) is 0 Å². The Kier molecular flexibility index (Phi) is 4.22. The van der Waals surface area contributed by atoms with Gasteiger partial charge in [0.15, 0.2) is 0 Å². The fraction of sp³-hybridized carbons (Fsp3) is 0.529. The molecule has 0 radical (unpaired) electrons. The van der Waals surface area contributed by atoms with Crippen molar-refractivity contribution < 1.29 is 0 Å². The van der Waals surface area contributed by atoms with Gasteiger partial charge in [0.05, 0.1) is 11.4 Å². The highest BCUT2D eigenvalue weighted by Crippen LogP contribution is 2.43. The van der Waals surface area contributed by atoms with Gasteiger partial charge in [0.2, 0.25) is 0 Å². The normalized spacial score (nSPS) is 17.7. The predicted molar refractivity (Wildman–Crippen MR) is 90.3 cm³/mol. The minimum absolute atomic E-state index is 0.0871. The van der Waals surface area contributed by atoms with Crippen molar-refractivity contribution in [2.45, 2.75) is 52.6 Å². The molecule has 0 atom stereocenters. The average Bonchev–Trinajstić information content (AvgIpc) is 2.71. The molecule has 0 aliphatic carbocycles. The number of nitrogens with one attached hydrogen (secondary N) is 1. The molecule has 2 rings (SSSR count). The van der Waals surface area contributed by atoms with Gasteiger partial charge in [-0.25, -0.2) is 4.31 Å². The number of nitrogens with zero attached hydrogens (tertiary/aromatic N) is 1. The van der Waals surface area contributed by atoms with Crippen molar-refractivity contribution in [1.82, 2.24) is 9.62 Å². The van der Waals surface area contributed by atoms with Crippen LogP contribution in [-0.2, 0) is 0 Å². The fourth-order valence-electron chi connectivity index (χ4n) is 2.15. The SMILES string of the molecule is CC(C)(C)NC1=C(c2ccccc2)SN(C(C)(C)C)C1. The van der Waals surface area contributed by atoms with Crippen molar-refractivity contribution in [2.24, 2.45) is 0 Å². The van der Waals surface area contributed by atoms with Gasteiger partial charge in [-0.1, -0.05) is 30.3 Å². The van der Waals surface area contributed by atoms with E-state index in [2.05, 4.69) is 81.5 Å². The highest BCUT2D eigenvalue weighted by atomic mass is 32.2. The molecule has 0 saturated carbocycles. The van der Waals surface area contributed by atoms with Crippen LogP contribution in [0.15, 0.2) is 36.0 Å². The molecule has 1 aromatic rings. The Hall–Kier alpha value is -0.930. The zero-order valence-electron chi connectivity index (χ0n) is 13.4. The first kappa shape index (κ1) is 15.5. The highest BCUT2D eigenvalue weighted by Gasteiger charge is 2.33. The maximum atomic E-state index is 3.69. The van der Waals surface area contributed by atoms with Crippen LogP contribution in [0.2, 0.25) is 0 Å². The van der Waals surface area contributed by atoms with Gasteiger partial charge in [-0.3, -0.25) is 0 Å². The second-order valence-corrected chi connectivity index (χ2v) is 8.38. The van der Waals surface area contributed by atoms with Gasteiger partial charge in [0, 0.05) is 16.8 Å². The topological polar surface area (TPSA) is 15.3 Å². The largest absolute Gasteiger partial charge is 0.382 e. The van der Waals surface area contributed by atoms with Crippen LogP contribution >= 0.6 is 11.9 Å². The lowest BCUT2D eigenvalue weighted by Crippen LogP contribution is -2.40. The smallest absolute Gasteiger partial charge is 0.0510 e. The molecule has 1 aliphatic rings. The third-order valence-corrected chi connectivity index (χ3v) is 4.65. The van der Waals surface area contributed by atoms with Crippen LogP contribution in [0.3, 0.4) is 0 Å². The van der Waals surface area contributed by atoms with Crippen molar-refractivity contribution in [3.8, 4) is 0 Å². The fourth-order valence-corrected chi connectivity index (χ4v) is 3.31. The predicted octanol–water partition coefficient (Wildman–Crippen LogP) is 4.51. The Labute approximate surface area is 127 Å². The van der Waals surface area contributed by atoms with Crippen molar-refractivity contribution in [3.63, 3.8) is 0 Å². The van der Waals surface area contributed by atoms with E-state index in [-0.39, 0.29) is 11.1 Å². The Bertz CT molecular complexity index is 492. The van der Waals surface area contributed by atoms with Gasteiger partial charge in [-0.05, 0) is 59.1 Å². The van der Waals surface area contributed by atoms with Gasteiger partial charge < -0.3 is 5.32 Å². The summed E-state index contributed by atoms with van der Waals surface area (Å²) < 4.78 is 2.45. The minimum Gasteiger partial charge on any atom is -0.382 e. The molecule has 0 spiro atoms. The van der Waals surface area contributed by atoms with E-state index in [0.717, 1.165) is 6.54 Å². The molecule has 2 nitrogen and oxygen atoms in total. The van der Waals surface area contributed by atoms with E-state index >= 15 is 0 Å². The summed E-state index contributed by atoms with van der Waals surface area (Å²) in [6.07, 6.45) is 0. The van der Waals surface area contributed by atoms with E-state index in [1.165, 1.54) is 16.2 Å². The Morgan fingerprint density at radius 2 is 1.60 bits per heavy atom. The lowest BCUT2D eigenvalue weighted by molar-refractivity contribution is 0.288. The molecule has 1 N–H and O–H groups in total. The Morgan fingerprint density at radius 1 is 1.00 bits per heavy atom. The summed E-state index contributed by atoms with van der Waals surface area (Å²) in [5.41, 5.74) is 2.88. The monoisotopic (exact) mass is 290 g/mol. The van der Waals surface area contributed by atoms with E-state index in [0.29, 0.717) is 0 Å². The van der Waals surface area contributed by atoms with Crippen LogP contribution in [-0.4, -0.2) is 21.9 Å². The van der Waals surface area contributed by atoms with Gasteiger partial charge in [-0.15, -0.1) is 0 Å². The lowest BCUT2D eigenvalue weighted by atomic mass is 10.1. The Balaban J connectivity index is 2.33. The van der Waals surface area contributed by atoms with Crippen LogP contribution in [0.5, 0.6) is 0 Å². The van der Waals surface area contributed by atoms with Crippen molar-refractivity contribution >= 4 is 16.9 Å². The Morgan fingerprint density at radius 3 is 2.10 bits per heavy atom. The van der Waals surface area contributed by atoms with Crippen molar-refractivity contribution in [2.75, 3.05) is 6.54 Å². The second-order valence-electron chi connectivity index (χ2n) is 7.35. The quantitative estimate of drug-likeness (QED) is 0.807. The molecule has 0 saturated heterocycles. The lowest BCUT2D eigenvalue weighted by Gasteiger charge is -2.31. The number of rotatable bonds is 2. The summed E-state index contributed by atoms with van der Waals surface area (Å²) in [6.45, 7) is 14.4. The highest BCUT2D eigenvalue weighted by molar-refractivity contribution is 8.06. The zero-order valence-corrected chi connectivity index (χ0v) is 14.3. The van der Waals surface area contributed by atoms with Crippen molar-refractivity contribution in [1.29, 1.82) is 0 Å². The van der Waals surface area contributed by atoms with E-state index in [1.54, 1.807) is 0 Å². The number of hydrogen-bond donors (Lipinski definition) is 1. The van der Waals surface area contributed by atoms with E-state index < -0.39 is 0 Å². The third kappa shape index (κ3) is 3.80. The first-order chi connectivity index (χ1) is 9.17. The van der Waals surface area contributed by atoms with Gasteiger partial charge in [0.1, 0.15) is 0 Å². The molecule has 0 aromatic heterocycles.